The number of carbonyl (C=O) groups is 2. The summed E-state index contributed by atoms with van der Waals surface area (Å²) in [5.41, 5.74) is 4.81. The van der Waals surface area contributed by atoms with Gasteiger partial charge in [0.25, 0.3) is 0 Å². The van der Waals surface area contributed by atoms with Gasteiger partial charge in [-0.3, -0.25) is 14.5 Å². The number of benzene rings is 2. The maximum Gasteiger partial charge on any atom is 0.325 e. The molecule has 1 aliphatic heterocycles. The van der Waals surface area contributed by atoms with Gasteiger partial charge in [0.05, 0.1) is 5.52 Å². The molecule has 0 amide bonds. The first-order valence-corrected chi connectivity index (χ1v) is 10.9. The van der Waals surface area contributed by atoms with Gasteiger partial charge in [0.15, 0.2) is 0 Å². The van der Waals surface area contributed by atoms with Crippen molar-refractivity contribution in [2.45, 2.75) is 26.4 Å². The van der Waals surface area contributed by atoms with E-state index in [1.54, 1.807) is 29.0 Å². The second kappa shape index (κ2) is 8.84. The maximum absolute atomic E-state index is 12.4. The molecule has 0 saturated carbocycles. The van der Waals surface area contributed by atoms with Crippen molar-refractivity contribution in [3.8, 4) is 0 Å². The molecule has 4 rings (SSSR count). The molecule has 0 radical (unpaired) electrons. The summed E-state index contributed by atoms with van der Waals surface area (Å²) in [6, 6.07) is 10.7. The van der Waals surface area contributed by atoms with Crippen LogP contribution in [0, 0.1) is 13.8 Å². The lowest BCUT2D eigenvalue weighted by molar-refractivity contribution is -0.143. The van der Waals surface area contributed by atoms with Crippen molar-refractivity contribution in [3.63, 3.8) is 0 Å². The van der Waals surface area contributed by atoms with Gasteiger partial charge in [-0.2, -0.15) is 0 Å². The number of aliphatic carboxylic acids is 2. The van der Waals surface area contributed by atoms with Crippen LogP contribution < -0.4 is 4.90 Å². The number of rotatable bonds is 6. The van der Waals surface area contributed by atoms with Gasteiger partial charge in [-0.05, 0) is 37.6 Å². The Kier molecular flexibility index (Phi) is 6.13. The molecule has 2 N–H and O–H groups in total. The van der Waals surface area contributed by atoms with E-state index in [1.807, 2.05) is 4.90 Å². The highest BCUT2D eigenvalue weighted by Gasteiger charge is 2.33. The third-order valence-electron chi connectivity index (χ3n) is 6.08. The monoisotopic (exact) mass is 455 g/mol. The molecule has 168 valence electrons. The molecule has 1 saturated heterocycles. The van der Waals surface area contributed by atoms with E-state index >= 15 is 0 Å². The van der Waals surface area contributed by atoms with Gasteiger partial charge in [-0.25, -0.2) is 0 Å². The third kappa shape index (κ3) is 4.31. The molecule has 0 bridgehead atoms. The fourth-order valence-electron chi connectivity index (χ4n) is 4.66. The van der Waals surface area contributed by atoms with Crippen LogP contribution in [0.2, 0.25) is 5.02 Å². The number of carboxylic acids is 2. The number of fused-ring (bicyclic) bond motifs is 1. The number of hydrogen-bond donors (Lipinski definition) is 2. The van der Waals surface area contributed by atoms with E-state index in [0.29, 0.717) is 47.7 Å². The van der Waals surface area contributed by atoms with Crippen LogP contribution >= 0.6 is 11.6 Å². The molecule has 2 aromatic carbocycles. The quantitative estimate of drug-likeness (QED) is 0.585. The number of carboxylic acid groups (broad SMARTS) is 2. The minimum atomic E-state index is -0.998. The molecular formula is C24H26ClN3O4. The van der Waals surface area contributed by atoms with Crippen LogP contribution in [0.15, 0.2) is 42.6 Å². The van der Waals surface area contributed by atoms with Crippen LogP contribution in [0.25, 0.3) is 10.9 Å². The van der Waals surface area contributed by atoms with Gasteiger partial charge in [0.1, 0.15) is 12.6 Å². The number of anilines is 1. The Hall–Kier alpha value is -3.03. The summed E-state index contributed by atoms with van der Waals surface area (Å²) < 4.78 is 1.56. The van der Waals surface area contributed by atoms with Crippen LogP contribution in [0.4, 0.5) is 5.69 Å². The average Bonchev–Trinajstić information content (AvgIpc) is 3.05. The van der Waals surface area contributed by atoms with Crippen molar-refractivity contribution in [3.05, 3.63) is 64.3 Å². The fraction of sp³-hybridized carbons (Fsp3) is 0.333. The van der Waals surface area contributed by atoms with Crippen molar-refractivity contribution in [1.29, 1.82) is 0 Å². The van der Waals surface area contributed by atoms with E-state index in [4.69, 9.17) is 11.6 Å². The van der Waals surface area contributed by atoms with Crippen LogP contribution in [-0.4, -0.2) is 57.8 Å². The molecule has 3 aromatic rings. The lowest BCUT2D eigenvalue weighted by Crippen LogP contribution is -2.49. The van der Waals surface area contributed by atoms with E-state index in [9.17, 15) is 19.8 Å². The zero-order chi connectivity index (χ0) is 23.0. The molecule has 2 heterocycles. The first-order valence-electron chi connectivity index (χ1n) is 10.5. The minimum absolute atomic E-state index is 0.260. The number of aromatic nitrogens is 1. The van der Waals surface area contributed by atoms with Gasteiger partial charge in [0.2, 0.25) is 0 Å². The average molecular weight is 456 g/mol. The summed E-state index contributed by atoms with van der Waals surface area (Å²) in [7, 11) is 0. The predicted octanol–water partition coefficient (Wildman–Crippen LogP) is 3.94. The van der Waals surface area contributed by atoms with E-state index in [-0.39, 0.29) is 6.54 Å². The van der Waals surface area contributed by atoms with E-state index in [1.165, 1.54) is 16.8 Å². The molecule has 1 atom stereocenters. The summed E-state index contributed by atoms with van der Waals surface area (Å²) in [5, 5.41) is 20.6. The zero-order valence-corrected chi connectivity index (χ0v) is 18.8. The molecule has 1 fully saturated rings. The summed E-state index contributed by atoms with van der Waals surface area (Å²) >= 11 is 6.13. The Balaban J connectivity index is 1.63. The molecular weight excluding hydrogens is 430 g/mol. The first-order chi connectivity index (χ1) is 15.2. The summed E-state index contributed by atoms with van der Waals surface area (Å²) in [6.07, 6.45) is 1.64. The van der Waals surface area contributed by atoms with Gasteiger partial charge in [-0.1, -0.05) is 35.4 Å². The molecule has 7 nitrogen and oxygen atoms in total. The van der Waals surface area contributed by atoms with Gasteiger partial charge in [0, 0.05) is 54.0 Å². The third-order valence-corrected chi connectivity index (χ3v) is 6.32. The number of piperazine rings is 1. The normalized spacial score (nSPS) is 15.8. The Bertz CT molecular complexity index is 1180. The Morgan fingerprint density at radius 2 is 1.75 bits per heavy atom. The highest BCUT2D eigenvalue weighted by Crippen LogP contribution is 2.33. The predicted molar refractivity (Wildman–Crippen MR) is 125 cm³/mol. The van der Waals surface area contributed by atoms with E-state index in [2.05, 4.69) is 36.9 Å². The Morgan fingerprint density at radius 3 is 2.38 bits per heavy atom. The van der Waals surface area contributed by atoms with Crippen molar-refractivity contribution in [2.24, 2.45) is 0 Å². The van der Waals surface area contributed by atoms with E-state index < -0.39 is 18.0 Å². The highest BCUT2D eigenvalue weighted by atomic mass is 35.5. The van der Waals surface area contributed by atoms with Gasteiger partial charge >= 0.3 is 11.9 Å². The second-order valence-corrected chi connectivity index (χ2v) is 8.76. The van der Waals surface area contributed by atoms with Crippen LogP contribution in [-0.2, 0) is 16.1 Å². The van der Waals surface area contributed by atoms with Crippen molar-refractivity contribution in [1.82, 2.24) is 9.47 Å². The number of nitrogens with zero attached hydrogens (tertiary/aromatic N) is 3. The molecule has 32 heavy (non-hydrogen) atoms. The lowest BCUT2D eigenvalue weighted by Gasteiger charge is -2.39. The topological polar surface area (TPSA) is 86.0 Å². The molecule has 0 spiro atoms. The van der Waals surface area contributed by atoms with E-state index in [0.717, 1.165) is 0 Å². The van der Waals surface area contributed by atoms with Gasteiger partial charge in [-0.15, -0.1) is 0 Å². The van der Waals surface area contributed by atoms with Crippen molar-refractivity contribution < 1.29 is 19.8 Å². The first kappa shape index (κ1) is 22.2. The number of hydrogen-bond acceptors (Lipinski definition) is 4. The SMILES string of the molecule is Cc1ccc(N2CCN([C@H](C(=O)O)c3cn(CC(=O)O)c4cc(Cl)ccc34)CC2)c(C)c1. The highest BCUT2D eigenvalue weighted by molar-refractivity contribution is 6.31. The smallest absolute Gasteiger partial charge is 0.325 e. The zero-order valence-electron chi connectivity index (χ0n) is 18.1. The molecule has 8 heteroatoms. The van der Waals surface area contributed by atoms with Crippen LogP contribution in [0.3, 0.4) is 0 Å². The Labute approximate surface area is 191 Å². The Morgan fingerprint density at radius 1 is 1.03 bits per heavy atom. The summed E-state index contributed by atoms with van der Waals surface area (Å²) in [4.78, 5) is 28.0. The fourth-order valence-corrected chi connectivity index (χ4v) is 4.82. The number of aryl methyl sites for hydroxylation is 2. The number of halogens is 1. The van der Waals surface area contributed by atoms with Crippen molar-refractivity contribution in [2.75, 3.05) is 31.1 Å². The largest absolute Gasteiger partial charge is 0.480 e. The lowest BCUT2D eigenvalue weighted by atomic mass is 10.0. The molecule has 1 aromatic heterocycles. The van der Waals surface area contributed by atoms with Crippen molar-refractivity contribution >= 4 is 40.1 Å². The summed E-state index contributed by atoms with van der Waals surface area (Å²) in [5.74, 6) is -1.95. The standard InChI is InChI=1S/C24H26ClN3O4/c1-15-3-6-20(16(2)11-15)26-7-9-27(10-8-26)23(24(31)32)19-13-28(14-22(29)30)21-12-17(25)4-5-18(19)21/h3-6,11-13,23H,7-10,14H2,1-2H3,(H,29,30)(H,31,32)/t23-/m0/s1. The van der Waals surface area contributed by atoms with Gasteiger partial charge < -0.3 is 19.7 Å². The minimum Gasteiger partial charge on any atom is -0.480 e. The molecule has 0 unspecified atom stereocenters. The second-order valence-electron chi connectivity index (χ2n) is 8.32. The summed E-state index contributed by atoms with van der Waals surface area (Å²) in [6.45, 7) is 6.51. The van der Waals surface area contributed by atoms with Crippen LogP contribution in [0.5, 0.6) is 0 Å². The maximum atomic E-state index is 12.4. The molecule has 1 aliphatic rings. The molecule has 0 aliphatic carbocycles. The van der Waals surface area contributed by atoms with Crippen LogP contribution in [0.1, 0.15) is 22.7 Å².